The standard InChI is InChI=1S/C15H25N5O.C14H23N3O.B.I2/c1-19(2)11-6-8-20(9-7-11)12-4-5-13(18-15(16)17)14(10-12)21-3;1-16(2)11-6-8-17(9-7-11)12-4-5-13(15)14(10-12)18-3;;1-2/h4-5,10-11H,6-9H2,1-3H3,(H4,16,17,18);4-5,10-11H,6-9,15H2,1-3H3;;. The molecule has 2 saturated heterocycles. The summed E-state index contributed by atoms with van der Waals surface area (Å²) in [7, 11) is 11.9. The minimum Gasteiger partial charge on any atom is -0.495 e. The summed E-state index contributed by atoms with van der Waals surface area (Å²) in [6.07, 6.45) is 4.76. The Morgan fingerprint density at radius 2 is 1.17 bits per heavy atom. The maximum absolute atomic E-state index is 5.84. The van der Waals surface area contributed by atoms with Crippen LogP contribution in [0.25, 0.3) is 0 Å². The van der Waals surface area contributed by atoms with E-state index in [2.05, 4.69) is 96.1 Å². The summed E-state index contributed by atoms with van der Waals surface area (Å²) < 4.78 is 10.7. The second-order valence-corrected chi connectivity index (χ2v) is 10.7. The van der Waals surface area contributed by atoms with E-state index < -0.39 is 0 Å². The summed E-state index contributed by atoms with van der Waals surface area (Å²) in [5.74, 6) is 1.49. The molecule has 13 heteroatoms. The number of nitrogens with two attached hydrogens (primary N) is 3. The van der Waals surface area contributed by atoms with Crippen molar-refractivity contribution in [2.75, 3.05) is 84.1 Å². The van der Waals surface area contributed by atoms with E-state index >= 15 is 0 Å². The molecule has 0 atom stereocenters. The number of anilines is 3. The zero-order valence-electron chi connectivity index (χ0n) is 25.9. The number of halogens is 2. The molecule has 2 aromatic rings. The highest BCUT2D eigenvalue weighted by atomic mass is 128. The Morgan fingerprint density at radius 1 is 0.762 bits per heavy atom. The molecule has 2 aromatic carbocycles. The lowest BCUT2D eigenvalue weighted by molar-refractivity contribution is 0.249. The van der Waals surface area contributed by atoms with Crippen LogP contribution in [0.2, 0.25) is 0 Å². The molecule has 6 N–H and O–H groups in total. The fraction of sp³-hybridized carbons (Fsp3) is 0.552. The van der Waals surface area contributed by atoms with Gasteiger partial charge in [-0.05, 0) is 78.1 Å². The molecule has 0 spiro atoms. The Labute approximate surface area is 278 Å². The van der Waals surface area contributed by atoms with E-state index in [1.165, 1.54) is 31.4 Å². The normalized spacial score (nSPS) is 15.6. The van der Waals surface area contributed by atoms with Crippen LogP contribution >= 0.6 is 37.2 Å². The first-order valence-electron chi connectivity index (χ1n) is 13.8. The van der Waals surface area contributed by atoms with Crippen molar-refractivity contribution in [1.29, 1.82) is 0 Å². The molecule has 2 aliphatic rings. The van der Waals surface area contributed by atoms with Gasteiger partial charge in [0.2, 0.25) is 0 Å². The first-order valence-corrected chi connectivity index (χ1v) is 20.1. The average Bonchev–Trinajstić information content (AvgIpc) is 2.99. The van der Waals surface area contributed by atoms with Crippen molar-refractivity contribution in [3.05, 3.63) is 36.4 Å². The number of hydrogen-bond acceptors (Lipinski definition) is 8. The molecule has 0 saturated carbocycles. The molecule has 0 amide bonds. The highest BCUT2D eigenvalue weighted by molar-refractivity contribution is 15.0. The van der Waals surface area contributed by atoms with Crippen LogP contribution in [0, 0.1) is 0 Å². The van der Waals surface area contributed by atoms with E-state index in [0.717, 1.165) is 37.6 Å². The molecule has 4 rings (SSSR count). The van der Waals surface area contributed by atoms with Crippen LogP contribution < -0.4 is 36.5 Å². The van der Waals surface area contributed by atoms with Crippen LogP contribution in [0.5, 0.6) is 11.5 Å². The van der Waals surface area contributed by atoms with Gasteiger partial charge in [0.1, 0.15) is 17.2 Å². The average molecular weight is 805 g/mol. The van der Waals surface area contributed by atoms with Crippen LogP contribution in [-0.2, 0) is 0 Å². The van der Waals surface area contributed by atoms with Crippen LogP contribution in [0.1, 0.15) is 25.7 Å². The van der Waals surface area contributed by atoms with Gasteiger partial charge in [0.05, 0.1) is 19.9 Å². The second-order valence-electron chi connectivity index (χ2n) is 10.7. The van der Waals surface area contributed by atoms with Crippen LogP contribution in [0.3, 0.4) is 0 Å². The minimum atomic E-state index is 0. The molecule has 0 aliphatic carbocycles. The highest BCUT2D eigenvalue weighted by Crippen LogP contribution is 2.33. The number of rotatable bonds is 7. The van der Waals surface area contributed by atoms with E-state index in [9.17, 15) is 0 Å². The van der Waals surface area contributed by atoms with Gasteiger partial charge in [-0.1, -0.05) is 0 Å². The molecule has 42 heavy (non-hydrogen) atoms. The molecule has 2 heterocycles. The van der Waals surface area contributed by atoms with Crippen molar-refractivity contribution in [3.8, 4) is 11.5 Å². The van der Waals surface area contributed by atoms with Gasteiger partial charge in [-0.2, -0.15) is 0 Å². The second kappa shape index (κ2) is 19.4. The predicted octanol–water partition coefficient (Wildman–Crippen LogP) is 4.33. The SMILES string of the molecule is COc1cc(N2CCC(N(C)C)CC2)ccc1N.COc1cc(N2CCC(N(C)C)CC2)ccc1N=C(N)N.II.[B]. The predicted molar refractivity (Wildman–Crippen MR) is 198 cm³/mol. The Morgan fingerprint density at radius 3 is 1.55 bits per heavy atom. The summed E-state index contributed by atoms with van der Waals surface area (Å²) in [6.45, 7) is 4.28. The van der Waals surface area contributed by atoms with E-state index in [1.807, 2.05) is 30.3 Å². The lowest BCUT2D eigenvalue weighted by Crippen LogP contribution is -2.41. The summed E-state index contributed by atoms with van der Waals surface area (Å²) in [4.78, 5) is 13.5. The van der Waals surface area contributed by atoms with Gasteiger partial charge >= 0.3 is 0 Å². The summed E-state index contributed by atoms with van der Waals surface area (Å²) in [6, 6.07) is 13.3. The first-order chi connectivity index (χ1) is 19.6. The molecule has 10 nitrogen and oxygen atoms in total. The molecule has 3 radical (unpaired) electrons. The third-order valence-electron chi connectivity index (χ3n) is 7.75. The number of piperidine rings is 2. The summed E-state index contributed by atoms with van der Waals surface area (Å²) in [5.41, 5.74) is 20.4. The van der Waals surface area contributed by atoms with Crippen molar-refractivity contribution < 1.29 is 9.47 Å². The Kier molecular flexibility index (Phi) is 17.7. The molecule has 2 fully saturated rings. The van der Waals surface area contributed by atoms with Crippen LogP contribution in [0.4, 0.5) is 22.7 Å². The fourth-order valence-corrected chi connectivity index (χ4v) is 5.27. The molecule has 0 aromatic heterocycles. The maximum atomic E-state index is 5.84. The summed E-state index contributed by atoms with van der Waals surface area (Å²) in [5, 5.41) is 0. The Balaban J connectivity index is 0.000000391. The van der Waals surface area contributed by atoms with Crippen molar-refractivity contribution >= 4 is 74.4 Å². The van der Waals surface area contributed by atoms with Gasteiger partial charge in [-0.25, -0.2) is 4.99 Å². The van der Waals surface area contributed by atoms with Gasteiger partial charge in [0.15, 0.2) is 5.96 Å². The molecule has 2 aliphatic heterocycles. The number of aliphatic imine (C=N–C) groups is 1. The van der Waals surface area contributed by atoms with Crippen molar-refractivity contribution in [1.82, 2.24) is 9.80 Å². The maximum Gasteiger partial charge on any atom is 0.191 e. The molecule has 0 unspecified atom stereocenters. The number of ether oxygens (including phenoxy) is 2. The van der Waals surface area contributed by atoms with Gasteiger partial charge in [0, 0.05) is 107 Å². The first kappa shape index (κ1) is 38.2. The number of guanidine groups is 1. The zero-order valence-corrected chi connectivity index (χ0v) is 30.2. The minimum absolute atomic E-state index is 0. The Hall–Kier alpha value is -1.85. The van der Waals surface area contributed by atoms with Crippen molar-refractivity contribution in [2.45, 2.75) is 37.8 Å². The third-order valence-corrected chi connectivity index (χ3v) is 7.75. The lowest BCUT2D eigenvalue weighted by atomic mass is 10.0. The van der Waals surface area contributed by atoms with Gasteiger partial charge in [-0.15, -0.1) is 0 Å². The number of hydrogen-bond donors (Lipinski definition) is 3. The molecular weight excluding hydrogens is 757 g/mol. The fourth-order valence-electron chi connectivity index (χ4n) is 5.27. The molecular formula is C29H48BI2N8O2. The van der Waals surface area contributed by atoms with E-state index in [0.29, 0.717) is 29.2 Å². The smallest absolute Gasteiger partial charge is 0.191 e. The van der Waals surface area contributed by atoms with Crippen molar-refractivity contribution in [3.63, 3.8) is 0 Å². The Bertz CT molecular complexity index is 1090. The number of methoxy groups -OCH3 is 2. The largest absolute Gasteiger partial charge is 0.495 e. The highest BCUT2D eigenvalue weighted by Gasteiger charge is 2.22. The number of nitrogens with zero attached hydrogens (tertiary/aromatic N) is 5. The van der Waals surface area contributed by atoms with E-state index in [4.69, 9.17) is 26.7 Å². The third kappa shape index (κ3) is 11.3. The monoisotopic (exact) mass is 805 g/mol. The molecule has 233 valence electrons. The van der Waals surface area contributed by atoms with Gasteiger partial charge < -0.3 is 46.3 Å². The zero-order chi connectivity index (χ0) is 30.5. The van der Waals surface area contributed by atoms with Gasteiger partial charge in [0.25, 0.3) is 0 Å². The van der Waals surface area contributed by atoms with Crippen molar-refractivity contribution in [2.24, 2.45) is 16.5 Å². The topological polar surface area (TPSA) is 122 Å². The van der Waals surface area contributed by atoms with Crippen LogP contribution in [-0.4, -0.2) is 105 Å². The van der Waals surface area contributed by atoms with E-state index in [1.54, 1.807) is 14.2 Å². The molecule has 0 bridgehead atoms. The van der Waals surface area contributed by atoms with Crippen LogP contribution in [0.15, 0.2) is 41.4 Å². The lowest BCUT2D eigenvalue weighted by Gasteiger charge is -2.36. The van der Waals surface area contributed by atoms with Gasteiger partial charge in [-0.3, -0.25) is 0 Å². The number of nitrogen functional groups attached to an aromatic ring is 1. The summed E-state index contributed by atoms with van der Waals surface area (Å²) >= 11 is 4.24. The quantitative estimate of drug-likeness (QED) is 0.124. The number of benzene rings is 2. The van der Waals surface area contributed by atoms with E-state index in [-0.39, 0.29) is 14.4 Å².